The maximum atomic E-state index is 12.0. The van der Waals surface area contributed by atoms with Gasteiger partial charge in [-0.05, 0) is 70.0 Å². The van der Waals surface area contributed by atoms with Crippen LogP contribution < -0.4 is 0 Å². The van der Waals surface area contributed by atoms with Crippen molar-refractivity contribution in [2.24, 2.45) is 5.92 Å². The van der Waals surface area contributed by atoms with Gasteiger partial charge in [-0.2, -0.15) is 0 Å². The van der Waals surface area contributed by atoms with Gasteiger partial charge in [-0.25, -0.2) is 0 Å². The molecule has 4 heteroatoms. The predicted molar refractivity (Wildman–Crippen MR) is 98.0 cm³/mol. The average molecular weight is 345 g/mol. The Morgan fingerprint density at radius 3 is 2.56 bits per heavy atom. The topological polar surface area (TPSA) is 63.9 Å². The van der Waals surface area contributed by atoms with Crippen LogP contribution in [0.1, 0.15) is 63.0 Å². The Kier molecular flexibility index (Phi) is 4.04. The van der Waals surface area contributed by atoms with Crippen LogP contribution in [0.3, 0.4) is 0 Å². The van der Waals surface area contributed by atoms with E-state index in [1.807, 2.05) is 13.0 Å². The zero-order valence-electron chi connectivity index (χ0n) is 15.5. The van der Waals surface area contributed by atoms with Gasteiger partial charge in [0.2, 0.25) is 0 Å². The minimum absolute atomic E-state index is 0.0248. The number of benzene rings is 1. The Balaban J connectivity index is 1.80. The van der Waals surface area contributed by atoms with Gasteiger partial charge in [-0.15, -0.1) is 0 Å². The number of phenolic OH excluding ortho intramolecular Hbond substituents is 2. The summed E-state index contributed by atoms with van der Waals surface area (Å²) in [7, 11) is 0. The second-order valence-corrected chi connectivity index (χ2v) is 8.70. The first kappa shape index (κ1) is 17.2. The molecule has 25 heavy (non-hydrogen) atoms. The number of aliphatic hydroxyl groups is 1. The van der Waals surface area contributed by atoms with Crippen LogP contribution in [0.15, 0.2) is 12.1 Å². The van der Waals surface area contributed by atoms with Crippen molar-refractivity contribution in [3.8, 4) is 11.5 Å². The highest BCUT2D eigenvalue weighted by atomic mass is 16.3. The van der Waals surface area contributed by atoms with Gasteiger partial charge in [0.25, 0.3) is 0 Å². The summed E-state index contributed by atoms with van der Waals surface area (Å²) in [6.45, 7) is 6.19. The molecular formula is C21H31NO3. The minimum atomic E-state index is -0.853. The summed E-state index contributed by atoms with van der Waals surface area (Å²) in [4.78, 5) is 2.47. The molecule has 0 radical (unpaired) electrons. The number of aryl methyl sites for hydroxylation is 1. The van der Waals surface area contributed by atoms with Crippen LogP contribution in [0.25, 0.3) is 0 Å². The highest BCUT2D eigenvalue weighted by molar-refractivity contribution is 5.54. The Hall–Kier alpha value is -1.26. The molecule has 3 aliphatic rings. The number of piperidine rings is 1. The number of fused-ring (bicyclic) bond motifs is 1. The lowest BCUT2D eigenvalue weighted by Crippen LogP contribution is -2.69. The molecule has 2 aliphatic carbocycles. The van der Waals surface area contributed by atoms with E-state index in [9.17, 15) is 15.3 Å². The average Bonchev–Trinajstić information content (AvgIpc) is 3.40. The molecule has 4 nitrogen and oxygen atoms in total. The smallest absolute Gasteiger partial charge is 0.161 e. The van der Waals surface area contributed by atoms with Crippen molar-refractivity contribution in [2.45, 2.75) is 75.9 Å². The summed E-state index contributed by atoms with van der Waals surface area (Å²) in [5.74, 6) is 0.706. The quantitative estimate of drug-likeness (QED) is 0.734. The van der Waals surface area contributed by atoms with Gasteiger partial charge in [0.15, 0.2) is 11.5 Å². The van der Waals surface area contributed by atoms with Crippen molar-refractivity contribution in [2.75, 3.05) is 13.1 Å². The third-order valence-electron chi connectivity index (χ3n) is 7.34. The molecule has 3 unspecified atom stereocenters. The fraction of sp³-hybridized carbons (Fsp3) is 0.714. The predicted octanol–water partition coefficient (Wildman–Crippen LogP) is 3.45. The summed E-state index contributed by atoms with van der Waals surface area (Å²) < 4.78 is 0. The van der Waals surface area contributed by atoms with Crippen molar-refractivity contribution < 1.29 is 15.3 Å². The molecule has 0 spiro atoms. The first-order valence-corrected chi connectivity index (χ1v) is 9.87. The van der Waals surface area contributed by atoms with E-state index in [2.05, 4.69) is 11.8 Å². The molecule has 1 aromatic rings. The van der Waals surface area contributed by atoms with Crippen LogP contribution in [0.5, 0.6) is 11.5 Å². The Labute approximate surface area is 150 Å². The molecule has 4 rings (SSSR count). The van der Waals surface area contributed by atoms with Crippen LogP contribution in [-0.4, -0.2) is 45.0 Å². The zero-order chi connectivity index (χ0) is 17.8. The van der Waals surface area contributed by atoms with Crippen LogP contribution in [0.2, 0.25) is 0 Å². The number of rotatable bonds is 3. The molecule has 3 atom stereocenters. The van der Waals surface area contributed by atoms with Gasteiger partial charge in [0.05, 0.1) is 5.60 Å². The normalized spacial score (nSPS) is 36.2. The van der Waals surface area contributed by atoms with Gasteiger partial charge >= 0.3 is 0 Å². The number of phenols is 2. The third-order valence-corrected chi connectivity index (χ3v) is 7.34. The molecule has 3 N–H and O–H groups in total. The van der Waals surface area contributed by atoms with Crippen LogP contribution in [0.4, 0.5) is 0 Å². The van der Waals surface area contributed by atoms with Crippen molar-refractivity contribution in [1.82, 2.24) is 4.90 Å². The SMILES string of the molecule is Cc1ccc(O)c(O)c1C12CCCCC1(O)C(C)N(CC1CC1)CC2. The molecule has 1 heterocycles. The van der Waals surface area contributed by atoms with Crippen molar-refractivity contribution in [3.63, 3.8) is 0 Å². The van der Waals surface area contributed by atoms with E-state index in [-0.39, 0.29) is 17.5 Å². The maximum absolute atomic E-state index is 12.0. The summed E-state index contributed by atoms with van der Waals surface area (Å²) in [5.41, 5.74) is 0.442. The number of aromatic hydroxyl groups is 2. The molecule has 0 bridgehead atoms. The van der Waals surface area contributed by atoms with E-state index in [1.54, 1.807) is 6.07 Å². The number of likely N-dealkylation sites (tertiary alicyclic amines) is 1. The highest BCUT2D eigenvalue weighted by Crippen LogP contribution is 2.57. The van der Waals surface area contributed by atoms with Gasteiger partial charge in [-0.3, -0.25) is 4.90 Å². The standard InChI is InChI=1S/C21H31NO3/c1-14-5-8-17(23)19(24)18(14)20-9-3-4-10-21(20,25)15(2)22(12-11-20)13-16-6-7-16/h5,8,15-16,23-25H,3-4,6-7,9-13H2,1-2H3. The first-order valence-electron chi connectivity index (χ1n) is 9.87. The number of hydrogen-bond acceptors (Lipinski definition) is 4. The molecular weight excluding hydrogens is 314 g/mol. The molecule has 0 aromatic heterocycles. The summed E-state index contributed by atoms with van der Waals surface area (Å²) in [6.07, 6.45) is 7.22. The van der Waals surface area contributed by atoms with Crippen LogP contribution >= 0.6 is 0 Å². The van der Waals surface area contributed by atoms with Gasteiger partial charge in [-0.1, -0.05) is 18.9 Å². The highest BCUT2D eigenvalue weighted by Gasteiger charge is 2.60. The molecule has 3 fully saturated rings. The Bertz CT molecular complexity index is 671. The largest absolute Gasteiger partial charge is 0.504 e. The lowest BCUT2D eigenvalue weighted by molar-refractivity contribution is -0.155. The van der Waals surface area contributed by atoms with E-state index in [0.717, 1.165) is 62.2 Å². The number of nitrogens with zero attached hydrogens (tertiary/aromatic N) is 1. The summed E-state index contributed by atoms with van der Waals surface area (Å²) >= 11 is 0. The minimum Gasteiger partial charge on any atom is -0.504 e. The molecule has 0 amide bonds. The molecule has 1 saturated heterocycles. The van der Waals surface area contributed by atoms with Gasteiger partial charge in [0, 0.05) is 23.6 Å². The van der Waals surface area contributed by atoms with E-state index in [4.69, 9.17) is 0 Å². The monoisotopic (exact) mass is 345 g/mol. The molecule has 2 saturated carbocycles. The summed E-state index contributed by atoms with van der Waals surface area (Å²) in [5, 5.41) is 32.8. The van der Waals surface area contributed by atoms with Crippen LogP contribution in [-0.2, 0) is 5.41 Å². The van der Waals surface area contributed by atoms with E-state index >= 15 is 0 Å². The van der Waals surface area contributed by atoms with Crippen molar-refractivity contribution in [1.29, 1.82) is 0 Å². The fourth-order valence-electron chi connectivity index (χ4n) is 5.69. The fourth-order valence-corrected chi connectivity index (χ4v) is 5.69. The number of hydrogen-bond donors (Lipinski definition) is 3. The van der Waals surface area contributed by atoms with Gasteiger partial charge < -0.3 is 15.3 Å². The second-order valence-electron chi connectivity index (χ2n) is 8.70. The van der Waals surface area contributed by atoms with Crippen molar-refractivity contribution in [3.05, 3.63) is 23.3 Å². The lowest BCUT2D eigenvalue weighted by atomic mass is 9.53. The first-order chi connectivity index (χ1) is 11.9. The lowest BCUT2D eigenvalue weighted by Gasteiger charge is -2.60. The van der Waals surface area contributed by atoms with E-state index in [0.29, 0.717) is 0 Å². The van der Waals surface area contributed by atoms with Crippen LogP contribution in [0, 0.1) is 12.8 Å². The van der Waals surface area contributed by atoms with Crippen molar-refractivity contribution >= 4 is 0 Å². The molecule has 1 aliphatic heterocycles. The van der Waals surface area contributed by atoms with E-state index in [1.165, 1.54) is 12.8 Å². The summed E-state index contributed by atoms with van der Waals surface area (Å²) in [6, 6.07) is 3.50. The zero-order valence-corrected chi connectivity index (χ0v) is 15.5. The molecule has 1 aromatic carbocycles. The maximum Gasteiger partial charge on any atom is 0.161 e. The Morgan fingerprint density at radius 2 is 1.84 bits per heavy atom. The van der Waals surface area contributed by atoms with E-state index < -0.39 is 11.0 Å². The second kappa shape index (κ2) is 5.88. The Morgan fingerprint density at radius 1 is 1.12 bits per heavy atom. The molecule has 138 valence electrons. The van der Waals surface area contributed by atoms with Gasteiger partial charge in [0.1, 0.15) is 0 Å². The third kappa shape index (κ3) is 2.48.